The van der Waals surface area contributed by atoms with Crippen molar-refractivity contribution in [2.45, 2.75) is 32.6 Å². The predicted octanol–water partition coefficient (Wildman–Crippen LogP) is 3.03. The Morgan fingerprint density at radius 1 is 1.22 bits per heavy atom. The van der Waals surface area contributed by atoms with E-state index in [-0.39, 0.29) is 18.7 Å². The molecule has 23 heavy (non-hydrogen) atoms. The number of aliphatic carboxylic acids is 1. The molecule has 1 heterocycles. The average Bonchev–Trinajstić information content (AvgIpc) is 2.95. The van der Waals surface area contributed by atoms with Gasteiger partial charge in [0.25, 0.3) is 0 Å². The minimum absolute atomic E-state index is 0.0823. The number of nitrogens with zero attached hydrogens (tertiary/aromatic N) is 1. The number of unbranched alkanes of at least 4 members (excludes halogenated alkanes) is 1. The smallest absolute Gasteiger partial charge is 0.303 e. The van der Waals surface area contributed by atoms with E-state index >= 15 is 0 Å². The molecule has 1 amide bonds. The summed E-state index contributed by atoms with van der Waals surface area (Å²) in [4.78, 5) is 26.7. The minimum atomic E-state index is -0.803. The summed E-state index contributed by atoms with van der Waals surface area (Å²) >= 11 is 1.53. The quantitative estimate of drug-likeness (QED) is 0.728. The molecular formula is C17H20N2O3S. The normalized spacial score (nSPS) is 10.5. The molecule has 0 radical (unpaired) electrons. The van der Waals surface area contributed by atoms with Gasteiger partial charge in [0.2, 0.25) is 5.91 Å². The van der Waals surface area contributed by atoms with E-state index in [0.717, 1.165) is 16.3 Å². The molecular weight excluding hydrogens is 312 g/mol. The second kappa shape index (κ2) is 8.43. The Morgan fingerprint density at radius 3 is 2.65 bits per heavy atom. The van der Waals surface area contributed by atoms with Crippen LogP contribution in [0.3, 0.4) is 0 Å². The van der Waals surface area contributed by atoms with E-state index in [1.54, 1.807) is 0 Å². The molecule has 0 bridgehead atoms. The number of hydrogen-bond acceptors (Lipinski definition) is 4. The van der Waals surface area contributed by atoms with Crippen molar-refractivity contribution in [3.05, 3.63) is 40.9 Å². The summed E-state index contributed by atoms with van der Waals surface area (Å²) < 4.78 is 0. The number of aromatic nitrogens is 1. The lowest BCUT2D eigenvalue weighted by Gasteiger charge is -2.03. The van der Waals surface area contributed by atoms with Crippen molar-refractivity contribution < 1.29 is 14.7 Å². The summed E-state index contributed by atoms with van der Waals surface area (Å²) in [5.41, 5.74) is 3.02. The first-order valence-corrected chi connectivity index (χ1v) is 8.42. The van der Waals surface area contributed by atoms with Crippen LogP contribution in [-0.4, -0.2) is 28.5 Å². The van der Waals surface area contributed by atoms with Gasteiger partial charge in [0, 0.05) is 23.9 Å². The summed E-state index contributed by atoms with van der Waals surface area (Å²) in [5, 5.41) is 14.1. The van der Waals surface area contributed by atoms with E-state index in [1.165, 1.54) is 16.9 Å². The number of nitrogens with one attached hydrogen (secondary N) is 1. The Kier molecular flexibility index (Phi) is 6.29. The van der Waals surface area contributed by atoms with E-state index in [9.17, 15) is 9.59 Å². The standard InChI is InChI=1S/C17H20N2O3S/c1-12-5-7-13(8-6-12)17-19-14(11-23-17)10-15(20)18-9-3-2-4-16(21)22/h5-8,11H,2-4,9-10H2,1H3,(H,18,20)(H,21,22). The van der Waals surface area contributed by atoms with Crippen molar-refractivity contribution in [1.82, 2.24) is 10.3 Å². The Bertz CT molecular complexity index is 665. The van der Waals surface area contributed by atoms with Gasteiger partial charge in [-0.25, -0.2) is 4.98 Å². The van der Waals surface area contributed by atoms with E-state index < -0.39 is 5.97 Å². The van der Waals surface area contributed by atoms with Gasteiger partial charge >= 0.3 is 5.97 Å². The van der Waals surface area contributed by atoms with Crippen molar-refractivity contribution in [1.29, 1.82) is 0 Å². The van der Waals surface area contributed by atoms with Gasteiger partial charge in [0.15, 0.2) is 0 Å². The maximum absolute atomic E-state index is 11.8. The van der Waals surface area contributed by atoms with Crippen LogP contribution < -0.4 is 5.32 Å². The molecule has 0 saturated carbocycles. The molecule has 5 nitrogen and oxygen atoms in total. The third-order valence-corrected chi connectivity index (χ3v) is 4.27. The molecule has 0 aliphatic carbocycles. The third kappa shape index (κ3) is 5.83. The van der Waals surface area contributed by atoms with Gasteiger partial charge in [-0.15, -0.1) is 11.3 Å². The van der Waals surface area contributed by atoms with Crippen LogP contribution in [0.5, 0.6) is 0 Å². The molecule has 2 N–H and O–H groups in total. The summed E-state index contributed by atoms with van der Waals surface area (Å²) in [5.74, 6) is -0.886. The molecule has 2 aromatic rings. The van der Waals surface area contributed by atoms with Crippen LogP contribution in [-0.2, 0) is 16.0 Å². The molecule has 1 aromatic heterocycles. The number of rotatable bonds is 8. The number of aryl methyl sites for hydroxylation is 1. The second-order valence-electron chi connectivity index (χ2n) is 5.39. The number of carbonyl (C=O) groups is 2. The fourth-order valence-corrected chi connectivity index (χ4v) is 2.90. The Labute approximate surface area is 139 Å². The van der Waals surface area contributed by atoms with Crippen LogP contribution in [0.15, 0.2) is 29.6 Å². The molecule has 0 unspecified atom stereocenters. The number of amides is 1. The molecule has 1 aromatic carbocycles. The number of carboxylic acids is 1. The molecule has 0 spiro atoms. The largest absolute Gasteiger partial charge is 0.481 e. The van der Waals surface area contributed by atoms with Crippen LogP contribution in [0.2, 0.25) is 0 Å². The first-order chi connectivity index (χ1) is 11.0. The lowest BCUT2D eigenvalue weighted by Crippen LogP contribution is -2.26. The Hall–Kier alpha value is -2.21. The average molecular weight is 332 g/mol. The van der Waals surface area contributed by atoms with Crippen molar-refractivity contribution >= 4 is 23.2 Å². The highest BCUT2D eigenvalue weighted by Gasteiger charge is 2.09. The van der Waals surface area contributed by atoms with Crippen molar-refractivity contribution in [3.63, 3.8) is 0 Å². The highest BCUT2D eigenvalue weighted by atomic mass is 32.1. The fourth-order valence-electron chi connectivity index (χ4n) is 2.07. The lowest BCUT2D eigenvalue weighted by atomic mass is 10.2. The van der Waals surface area contributed by atoms with Gasteiger partial charge in [0.05, 0.1) is 12.1 Å². The number of thiazole rings is 1. The van der Waals surface area contributed by atoms with Gasteiger partial charge in [-0.2, -0.15) is 0 Å². The summed E-state index contributed by atoms with van der Waals surface area (Å²) in [7, 11) is 0. The molecule has 0 saturated heterocycles. The monoisotopic (exact) mass is 332 g/mol. The van der Waals surface area contributed by atoms with Gasteiger partial charge in [-0.3, -0.25) is 9.59 Å². The van der Waals surface area contributed by atoms with Gasteiger partial charge in [0.1, 0.15) is 5.01 Å². The molecule has 0 atom stereocenters. The summed E-state index contributed by atoms with van der Waals surface area (Å²) in [6.07, 6.45) is 1.64. The van der Waals surface area contributed by atoms with Crippen LogP contribution in [0.25, 0.3) is 10.6 Å². The van der Waals surface area contributed by atoms with E-state index in [2.05, 4.69) is 10.3 Å². The first-order valence-electron chi connectivity index (χ1n) is 7.54. The molecule has 2 rings (SSSR count). The SMILES string of the molecule is Cc1ccc(-c2nc(CC(=O)NCCCCC(=O)O)cs2)cc1. The van der Waals surface area contributed by atoms with E-state index in [4.69, 9.17) is 5.11 Å². The zero-order chi connectivity index (χ0) is 16.7. The molecule has 6 heteroatoms. The summed E-state index contributed by atoms with van der Waals surface area (Å²) in [6.45, 7) is 2.54. The van der Waals surface area contributed by atoms with Gasteiger partial charge in [-0.1, -0.05) is 29.8 Å². The number of benzene rings is 1. The molecule has 122 valence electrons. The van der Waals surface area contributed by atoms with E-state index in [1.807, 2.05) is 36.6 Å². The lowest BCUT2D eigenvalue weighted by molar-refractivity contribution is -0.137. The van der Waals surface area contributed by atoms with Crippen molar-refractivity contribution in [2.24, 2.45) is 0 Å². The highest BCUT2D eigenvalue weighted by Crippen LogP contribution is 2.24. The maximum atomic E-state index is 11.8. The zero-order valence-corrected chi connectivity index (χ0v) is 13.9. The predicted molar refractivity (Wildman–Crippen MR) is 90.5 cm³/mol. The number of hydrogen-bond donors (Lipinski definition) is 2. The van der Waals surface area contributed by atoms with Crippen molar-refractivity contribution in [2.75, 3.05) is 6.54 Å². The number of carboxylic acid groups (broad SMARTS) is 1. The van der Waals surface area contributed by atoms with Crippen LogP contribution in [0.4, 0.5) is 0 Å². The van der Waals surface area contributed by atoms with Crippen LogP contribution >= 0.6 is 11.3 Å². The third-order valence-electron chi connectivity index (χ3n) is 3.33. The van der Waals surface area contributed by atoms with Crippen LogP contribution in [0.1, 0.15) is 30.5 Å². The summed E-state index contributed by atoms with van der Waals surface area (Å²) in [6, 6.07) is 8.14. The Balaban J connectivity index is 1.78. The van der Waals surface area contributed by atoms with Gasteiger partial charge in [-0.05, 0) is 19.8 Å². The maximum Gasteiger partial charge on any atom is 0.303 e. The van der Waals surface area contributed by atoms with Gasteiger partial charge < -0.3 is 10.4 Å². The topological polar surface area (TPSA) is 79.3 Å². The Morgan fingerprint density at radius 2 is 1.96 bits per heavy atom. The second-order valence-corrected chi connectivity index (χ2v) is 6.25. The zero-order valence-electron chi connectivity index (χ0n) is 13.0. The van der Waals surface area contributed by atoms with E-state index in [0.29, 0.717) is 19.4 Å². The van der Waals surface area contributed by atoms with Crippen LogP contribution in [0, 0.1) is 6.92 Å². The number of carbonyl (C=O) groups excluding carboxylic acids is 1. The van der Waals surface area contributed by atoms with Crippen molar-refractivity contribution in [3.8, 4) is 10.6 Å². The molecule has 0 fully saturated rings. The highest BCUT2D eigenvalue weighted by molar-refractivity contribution is 7.13. The molecule has 0 aliphatic rings. The fraction of sp³-hybridized carbons (Fsp3) is 0.353. The first kappa shape index (κ1) is 17.1. The molecule has 0 aliphatic heterocycles. The minimum Gasteiger partial charge on any atom is -0.481 e.